The largest absolute Gasteiger partial charge is 0.491 e. The lowest BCUT2D eigenvalue weighted by Crippen LogP contribution is -2.41. The van der Waals surface area contributed by atoms with Crippen molar-refractivity contribution in [2.45, 2.75) is 38.9 Å². The lowest BCUT2D eigenvalue weighted by Gasteiger charge is -2.32. The first-order chi connectivity index (χ1) is 9.64. The van der Waals surface area contributed by atoms with Gasteiger partial charge in [-0.1, -0.05) is 17.7 Å². The number of halogens is 2. The van der Waals surface area contributed by atoms with E-state index in [1.807, 2.05) is 33.8 Å². The predicted molar refractivity (Wildman–Crippen MR) is 89.3 cm³/mol. The molecular formula is C15H19BClFO2S. The Kier molecular flexibility index (Phi) is 4.79. The second-order valence-corrected chi connectivity index (χ2v) is 6.92. The zero-order valence-corrected chi connectivity index (χ0v) is 14.3. The molecule has 6 heteroatoms. The van der Waals surface area contributed by atoms with Gasteiger partial charge >= 0.3 is 7.12 Å². The minimum Gasteiger partial charge on any atom is -0.400 e. The molecule has 21 heavy (non-hydrogen) atoms. The maximum Gasteiger partial charge on any atom is 0.491 e. The van der Waals surface area contributed by atoms with E-state index < -0.39 is 18.3 Å². The Morgan fingerprint density at radius 1 is 1.24 bits per heavy atom. The van der Waals surface area contributed by atoms with Crippen molar-refractivity contribution >= 4 is 37.4 Å². The minimum atomic E-state index is -0.491. The first kappa shape index (κ1) is 16.9. The Hall–Kier alpha value is -0.485. The molecule has 0 radical (unpaired) electrons. The normalized spacial score (nSPS) is 20.9. The van der Waals surface area contributed by atoms with Crippen molar-refractivity contribution in [3.63, 3.8) is 0 Å². The minimum absolute atomic E-state index is 0.355. The van der Waals surface area contributed by atoms with Gasteiger partial charge in [0.05, 0.1) is 11.2 Å². The molecule has 1 aliphatic rings. The van der Waals surface area contributed by atoms with Crippen LogP contribution >= 0.6 is 24.2 Å². The summed E-state index contributed by atoms with van der Waals surface area (Å²) in [5.74, 6) is 0.0755. The molecule has 0 N–H and O–H groups in total. The molecule has 1 aromatic rings. The molecular weight excluding hydrogens is 309 g/mol. The van der Waals surface area contributed by atoms with Gasteiger partial charge in [-0.25, -0.2) is 4.39 Å². The molecule has 0 amide bonds. The average molecular weight is 329 g/mol. The van der Waals surface area contributed by atoms with Crippen molar-refractivity contribution in [3.05, 3.63) is 40.1 Å². The van der Waals surface area contributed by atoms with Crippen LogP contribution < -0.4 is 0 Å². The molecule has 1 aromatic carbocycles. The fourth-order valence-electron chi connectivity index (χ4n) is 2.06. The third-order valence-corrected chi connectivity index (χ3v) is 4.56. The molecule has 2 rings (SSSR count). The first-order valence-corrected chi connectivity index (χ1v) is 7.79. The molecule has 0 bridgehead atoms. The van der Waals surface area contributed by atoms with Gasteiger partial charge in [-0.05, 0) is 56.9 Å². The molecule has 2 nitrogen and oxygen atoms in total. The highest BCUT2D eigenvalue weighted by Gasteiger charge is 2.52. The van der Waals surface area contributed by atoms with Crippen molar-refractivity contribution < 1.29 is 13.7 Å². The van der Waals surface area contributed by atoms with Crippen LogP contribution in [0.5, 0.6) is 0 Å². The van der Waals surface area contributed by atoms with Gasteiger partial charge in [0.25, 0.3) is 0 Å². The zero-order chi connectivity index (χ0) is 15.8. The molecule has 0 aliphatic carbocycles. The molecule has 1 heterocycles. The predicted octanol–water partition coefficient (Wildman–Crippen LogP) is 4.42. The molecule has 0 atom stereocenters. The molecule has 1 saturated heterocycles. The van der Waals surface area contributed by atoms with Crippen LogP contribution in [0.15, 0.2) is 23.7 Å². The van der Waals surface area contributed by atoms with E-state index in [1.54, 1.807) is 6.07 Å². The summed E-state index contributed by atoms with van der Waals surface area (Å²) in [4.78, 5) is 0. The molecule has 0 spiro atoms. The summed E-state index contributed by atoms with van der Waals surface area (Å²) in [7, 11) is -0.491. The summed E-state index contributed by atoms with van der Waals surface area (Å²) in [5.41, 5.74) is 0.663. The van der Waals surface area contributed by atoms with Crippen LogP contribution in [-0.2, 0) is 9.31 Å². The van der Waals surface area contributed by atoms with Crippen molar-refractivity contribution in [3.8, 4) is 0 Å². The number of benzene rings is 1. The Labute approximate surface area is 136 Å². The lowest BCUT2D eigenvalue weighted by atomic mass is 9.78. The second-order valence-electron chi connectivity index (χ2n) is 6.17. The SMILES string of the molecule is CC1(C)OB(C(=Cc2cc(F)cc(Cl)c2)CS)OC1(C)C. The topological polar surface area (TPSA) is 18.5 Å². The van der Waals surface area contributed by atoms with Crippen LogP contribution in [-0.4, -0.2) is 24.1 Å². The monoisotopic (exact) mass is 328 g/mol. The maximum absolute atomic E-state index is 13.4. The summed E-state index contributed by atoms with van der Waals surface area (Å²) in [6.07, 6.45) is 1.81. The third-order valence-electron chi connectivity index (χ3n) is 3.98. The van der Waals surface area contributed by atoms with Crippen LogP contribution in [0.3, 0.4) is 0 Å². The van der Waals surface area contributed by atoms with E-state index in [2.05, 4.69) is 12.6 Å². The van der Waals surface area contributed by atoms with Crippen LogP contribution in [0, 0.1) is 5.82 Å². The van der Waals surface area contributed by atoms with Gasteiger partial charge < -0.3 is 9.31 Å². The number of hydrogen-bond acceptors (Lipinski definition) is 3. The second kappa shape index (κ2) is 5.96. The standard InChI is InChI=1S/C15H19BClFO2S/c1-14(2)15(3,4)20-16(19-14)11(9-21)5-10-6-12(17)8-13(18)7-10/h5-8,21H,9H2,1-4H3. The highest BCUT2D eigenvalue weighted by Crippen LogP contribution is 2.39. The van der Waals surface area contributed by atoms with E-state index in [0.717, 1.165) is 5.47 Å². The summed E-state index contributed by atoms with van der Waals surface area (Å²) < 4.78 is 25.4. The lowest BCUT2D eigenvalue weighted by molar-refractivity contribution is 0.00578. The van der Waals surface area contributed by atoms with Gasteiger partial charge in [-0.2, -0.15) is 12.6 Å². The van der Waals surface area contributed by atoms with E-state index in [-0.39, 0.29) is 5.82 Å². The fraction of sp³-hybridized carbons (Fsp3) is 0.467. The first-order valence-electron chi connectivity index (χ1n) is 6.78. The van der Waals surface area contributed by atoms with E-state index in [9.17, 15) is 4.39 Å². The summed E-state index contributed by atoms with van der Waals surface area (Å²) in [6, 6.07) is 4.38. The van der Waals surface area contributed by atoms with E-state index in [4.69, 9.17) is 20.9 Å². The number of hydrogen-bond donors (Lipinski definition) is 1. The highest BCUT2D eigenvalue weighted by molar-refractivity contribution is 7.80. The van der Waals surface area contributed by atoms with E-state index in [0.29, 0.717) is 16.3 Å². The van der Waals surface area contributed by atoms with Crippen LogP contribution in [0.1, 0.15) is 33.3 Å². The summed E-state index contributed by atoms with van der Waals surface area (Å²) in [5, 5.41) is 0.355. The van der Waals surface area contributed by atoms with Crippen molar-refractivity contribution in [1.29, 1.82) is 0 Å². The highest BCUT2D eigenvalue weighted by atomic mass is 35.5. The van der Waals surface area contributed by atoms with Crippen molar-refractivity contribution in [1.82, 2.24) is 0 Å². The third kappa shape index (κ3) is 3.65. The van der Waals surface area contributed by atoms with Gasteiger partial charge in [-0.15, -0.1) is 0 Å². The summed E-state index contributed by atoms with van der Waals surface area (Å²) in [6.45, 7) is 7.95. The summed E-state index contributed by atoms with van der Waals surface area (Å²) >= 11 is 10.2. The van der Waals surface area contributed by atoms with Crippen molar-refractivity contribution in [2.75, 3.05) is 5.75 Å². The molecule has 0 unspecified atom stereocenters. The van der Waals surface area contributed by atoms with Crippen molar-refractivity contribution in [2.24, 2.45) is 0 Å². The molecule has 114 valence electrons. The van der Waals surface area contributed by atoms with Crippen LogP contribution in [0.4, 0.5) is 4.39 Å². The number of thiol groups is 1. The van der Waals surface area contributed by atoms with Gasteiger partial charge in [0.2, 0.25) is 0 Å². The van der Waals surface area contributed by atoms with E-state index >= 15 is 0 Å². The molecule has 1 fully saturated rings. The van der Waals surface area contributed by atoms with Crippen LogP contribution in [0.25, 0.3) is 6.08 Å². The Morgan fingerprint density at radius 3 is 2.29 bits per heavy atom. The van der Waals surface area contributed by atoms with E-state index in [1.165, 1.54) is 12.1 Å². The van der Waals surface area contributed by atoms with Crippen LogP contribution in [0.2, 0.25) is 5.02 Å². The smallest absolute Gasteiger partial charge is 0.400 e. The maximum atomic E-state index is 13.4. The van der Waals surface area contributed by atoms with Gasteiger partial charge in [0.15, 0.2) is 0 Å². The molecule has 0 saturated carbocycles. The fourth-order valence-corrected chi connectivity index (χ4v) is 2.53. The Bertz CT molecular complexity index is 539. The quantitative estimate of drug-likeness (QED) is 0.654. The Morgan fingerprint density at radius 2 is 1.81 bits per heavy atom. The number of rotatable bonds is 3. The van der Waals surface area contributed by atoms with Gasteiger partial charge in [0.1, 0.15) is 5.82 Å². The molecule has 0 aromatic heterocycles. The van der Waals surface area contributed by atoms with Gasteiger partial charge in [0, 0.05) is 10.8 Å². The van der Waals surface area contributed by atoms with Gasteiger partial charge in [-0.3, -0.25) is 0 Å². The molecule has 1 aliphatic heterocycles. The zero-order valence-electron chi connectivity index (χ0n) is 12.6. The average Bonchev–Trinajstić information content (AvgIpc) is 2.54. The Balaban J connectivity index is 2.30.